The number of ether oxygens (including phenoxy) is 2. The average Bonchev–Trinajstić information content (AvgIpc) is 2.66. The smallest absolute Gasteiger partial charge is 0.122 e. The maximum absolute atomic E-state index is 6.00. The largest absolute Gasteiger partial charge is 0.493 e. The van der Waals surface area contributed by atoms with E-state index in [-0.39, 0.29) is 11.5 Å². The van der Waals surface area contributed by atoms with Crippen molar-refractivity contribution in [3.8, 4) is 11.5 Å². The van der Waals surface area contributed by atoms with Crippen molar-refractivity contribution >= 4 is 5.69 Å². The fraction of sp³-hybridized carbons (Fsp3) is 0.520. The SMILES string of the molecule is CCC(C)Oc1cccc(NCC(C)(C)CCCOc2cc(C)ccc2C)c1. The number of hydrogen-bond donors (Lipinski definition) is 1. The molecule has 0 bridgehead atoms. The molecule has 3 heteroatoms. The van der Waals surface area contributed by atoms with Crippen molar-refractivity contribution < 1.29 is 9.47 Å². The van der Waals surface area contributed by atoms with Gasteiger partial charge in [0.05, 0.1) is 12.7 Å². The number of rotatable bonds is 11. The summed E-state index contributed by atoms with van der Waals surface area (Å²) < 4.78 is 11.9. The minimum Gasteiger partial charge on any atom is -0.493 e. The minimum absolute atomic E-state index is 0.193. The van der Waals surface area contributed by atoms with Crippen LogP contribution in [-0.2, 0) is 0 Å². The van der Waals surface area contributed by atoms with Gasteiger partial charge in [-0.3, -0.25) is 0 Å². The molecule has 0 aliphatic heterocycles. The average molecular weight is 384 g/mol. The second kappa shape index (κ2) is 10.4. The van der Waals surface area contributed by atoms with E-state index in [1.165, 1.54) is 11.1 Å². The summed E-state index contributed by atoms with van der Waals surface area (Å²) in [7, 11) is 0. The van der Waals surface area contributed by atoms with Crippen molar-refractivity contribution in [2.75, 3.05) is 18.5 Å². The summed E-state index contributed by atoms with van der Waals surface area (Å²) in [5.41, 5.74) is 3.75. The predicted molar refractivity (Wildman–Crippen MR) is 120 cm³/mol. The molecule has 0 saturated heterocycles. The summed E-state index contributed by atoms with van der Waals surface area (Å²) in [6.07, 6.45) is 3.39. The van der Waals surface area contributed by atoms with E-state index >= 15 is 0 Å². The van der Waals surface area contributed by atoms with Crippen molar-refractivity contribution in [2.24, 2.45) is 5.41 Å². The standard InChI is InChI=1S/C25H37NO2/c1-7-21(4)28-23-11-8-10-22(17-23)26-18-25(5,6)14-9-15-27-24-16-19(2)12-13-20(24)3/h8,10-13,16-17,21,26H,7,9,14-15,18H2,1-6H3. The van der Waals surface area contributed by atoms with Gasteiger partial charge in [-0.05, 0) is 74.8 Å². The Labute approximate surface area is 171 Å². The van der Waals surface area contributed by atoms with Crippen LogP contribution in [0.25, 0.3) is 0 Å². The first-order chi connectivity index (χ1) is 13.3. The third-order valence-corrected chi connectivity index (χ3v) is 5.12. The molecule has 2 aromatic rings. The Morgan fingerprint density at radius 1 is 1.07 bits per heavy atom. The van der Waals surface area contributed by atoms with Gasteiger partial charge < -0.3 is 14.8 Å². The molecular weight excluding hydrogens is 346 g/mol. The third kappa shape index (κ3) is 7.46. The molecule has 3 nitrogen and oxygen atoms in total. The van der Waals surface area contributed by atoms with Crippen LogP contribution in [0.4, 0.5) is 5.69 Å². The second-order valence-corrected chi connectivity index (χ2v) is 8.60. The molecule has 28 heavy (non-hydrogen) atoms. The zero-order chi connectivity index (χ0) is 20.6. The Bertz CT molecular complexity index is 739. The molecule has 0 aliphatic rings. The van der Waals surface area contributed by atoms with E-state index in [1.807, 2.05) is 12.1 Å². The lowest BCUT2D eigenvalue weighted by Crippen LogP contribution is -2.23. The molecule has 1 unspecified atom stereocenters. The molecule has 0 saturated carbocycles. The molecule has 154 valence electrons. The van der Waals surface area contributed by atoms with Crippen molar-refractivity contribution in [3.05, 3.63) is 53.6 Å². The Kier molecular flexibility index (Phi) is 8.22. The number of hydrogen-bond acceptors (Lipinski definition) is 3. The van der Waals surface area contributed by atoms with Gasteiger partial charge in [0, 0.05) is 18.3 Å². The normalized spacial score (nSPS) is 12.5. The van der Waals surface area contributed by atoms with Crippen molar-refractivity contribution in [1.29, 1.82) is 0 Å². The van der Waals surface area contributed by atoms with Crippen LogP contribution >= 0.6 is 0 Å². The molecule has 1 N–H and O–H groups in total. The second-order valence-electron chi connectivity index (χ2n) is 8.60. The van der Waals surface area contributed by atoms with Crippen LogP contribution in [0.2, 0.25) is 0 Å². The molecule has 0 aromatic heterocycles. The fourth-order valence-corrected chi connectivity index (χ4v) is 3.02. The van der Waals surface area contributed by atoms with Crippen LogP contribution < -0.4 is 14.8 Å². The van der Waals surface area contributed by atoms with E-state index in [4.69, 9.17) is 9.47 Å². The highest BCUT2D eigenvalue weighted by Crippen LogP contribution is 2.26. The lowest BCUT2D eigenvalue weighted by Gasteiger charge is -2.26. The topological polar surface area (TPSA) is 30.5 Å². The summed E-state index contributed by atoms with van der Waals surface area (Å²) in [5.74, 6) is 1.94. The summed E-state index contributed by atoms with van der Waals surface area (Å²) in [6, 6.07) is 14.6. The molecule has 2 aromatic carbocycles. The number of anilines is 1. The van der Waals surface area contributed by atoms with Crippen molar-refractivity contribution in [2.45, 2.75) is 66.9 Å². The van der Waals surface area contributed by atoms with Gasteiger partial charge in [0.2, 0.25) is 0 Å². The van der Waals surface area contributed by atoms with Crippen LogP contribution in [0, 0.1) is 19.3 Å². The van der Waals surface area contributed by atoms with Gasteiger partial charge in [-0.25, -0.2) is 0 Å². The van der Waals surface area contributed by atoms with E-state index in [0.717, 1.165) is 49.6 Å². The van der Waals surface area contributed by atoms with Crippen LogP contribution in [-0.4, -0.2) is 19.3 Å². The first-order valence-corrected chi connectivity index (χ1v) is 10.5. The molecule has 0 spiro atoms. The third-order valence-electron chi connectivity index (χ3n) is 5.12. The first kappa shape index (κ1) is 22.1. The van der Waals surface area contributed by atoms with Gasteiger partial charge in [0.1, 0.15) is 11.5 Å². The van der Waals surface area contributed by atoms with Crippen LogP contribution in [0.3, 0.4) is 0 Å². The van der Waals surface area contributed by atoms with Gasteiger partial charge in [-0.1, -0.05) is 39.0 Å². The summed E-state index contributed by atoms with van der Waals surface area (Å²) >= 11 is 0. The van der Waals surface area contributed by atoms with Gasteiger partial charge in [0.25, 0.3) is 0 Å². The summed E-state index contributed by atoms with van der Waals surface area (Å²) in [4.78, 5) is 0. The first-order valence-electron chi connectivity index (χ1n) is 10.5. The van der Waals surface area contributed by atoms with E-state index in [2.05, 4.69) is 77.2 Å². The maximum atomic E-state index is 6.00. The number of aryl methyl sites for hydroxylation is 2. The summed E-state index contributed by atoms with van der Waals surface area (Å²) in [5, 5.41) is 3.57. The Morgan fingerprint density at radius 2 is 1.86 bits per heavy atom. The Hall–Kier alpha value is -2.16. The van der Waals surface area contributed by atoms with Crippen LogP contribution in [0.5, 0.6) is 11.5 Å². The van der Waals surface area contributed by atoms with Gasteiger partial charge in [-0.2, -0.15) is 0 Å². The molecule has 2 rings (SSSR count). The van der Waals surface area contributed by atoms with Gasteiger partial charge in [-0.15, -0.1) is 0 Å². The number of benzene rings is 2. The van der Waals surface area contributed by atoms with Crippen LogP contribution in [0.1, 0.15) is 58.1 Å². The molecule has 0 heterocycles. The Morgan fingerprint density at radius 3 is 2.61 bits per heavy atom. The maximum Gasteiger partial charge on any atom is 0.122 e. The van der Waals surface area contributed by atoms with E-state index in [1.54, 1.807) is 0 Å². The van der Waals surface area contributed by atoms with Gasteiger partial charge >= 0.3 is 0 Å². The predicted octanol–water partition coefficient (Wildman–Crippen LogP) is 6.78. The molecule has 1 atom stereocenters. The van der Waals surface area contributed by atoms with Crippen LogP contribution in [0.15, 0.2) is 42.5 Å². The highest BCUT2D eigenvalue weighted by molar-refractivity contribution is 5.48. The molecule has 0 amide bonds. The highest BCUT2D eigenvalue weighted by atomic mass is 16.5. The quantitative estimate of drug-likeness (QED) is 0.434. The lowest BCUT2D eigenvalue weighted by atomic mass is 9.88. The highest BCUT2D eigenvalue weighted by Gasteiger charge is 2.17. The monoisotopic (exact) mass is 383 g/mol. The zero-order valence-corrected chi connectivity index (χ0v) is 18.5. The van der Waals surface area contributed by atoms with E-state index in [9.17, 15) is 0 Å². The minimum atomic E-state index is 0.193. The van der Waals surface area contributed by atoms with Crippen molar-refractivity contribution in [1.82, 2.24) is 0 Å². The molecule has 0 fully saturated rings. The van der Waals surface area contributed by atoms with Crippen molar-refractivity contribution in [3.63, 3.8) is 0 Å². The zero-order valence-electron chi connectivity index (χ0n) is 18.5. The fourth-order valence-electron chi connectivity index (χ4n) is 3.02. The molecule has 0 radical (unpaired) electrons. The van der Waals surface area contributed by atoms with E-state index < -0.39 is 0 Å². The molecule has 0 aliphatic carbocycles. The van der Waals surface area contributed by atoms with Gasteiger partial charge in [0.15, 0.2) is 0 Å². The molecular formula is C25H37NO2. The Balaban J connectivity index is 1.77. The summed E-state index contributed by atoms with van der Waals surface area (Å²) in [6.45, 7) is 14.7. The lowest BCUT2D eigenvalue weighted by molar-refractivity contribution is 0.217. The number of nitrogens with one attached hydrogen (secondary N) is 1. The van der Waals surface area contributed by atoms with E-state index in [0.29, 0.717) is 0 Å².